The van der Waals surface area contributed by atoms with E-state index in [0.717, 1.165) is 24.3 Å². The average Bonchev–Trinajstić information content (AvgIpc) is 2.43. The van der Waals surface area contributed by atoms with Crippen LogP contribution in [-0.4, -0.2) is 43.6 Å². The molecule has 5 heteroatoms. The standard InChI is InChI=1S/C16H27N3O2/c1-13(2)18-16(20)12-19(3)9-6-10-21-15-8-5-4-7-14(15)11-17/h4-5,7-8,13H,6,9-12,17H2,1-3H3,(H,18,20). The van der Waals surface area contributed by atoms with Gasteiger partial charge in [0.15, 0.2) is 0 Å². The van der Waals surface area contributed by atoms with Crippen molar-refractivity contribution in [3.8, 4) is 5.75 Å². The van der Waals surface area contributed by atoms with Crippen LogP contribution < -0.4 is 15.8 Å². The first-order valence-electron chi connectivity index (χ1n) is 7.41. The number of nitrogens with one attached hydrogen (secondary N) is 1. The second-order valence-electron chi connectivity index (χ2n) is 5.47. The molecule has 0 fully saturated rings. The van der Waals surface area contributed by atoms with Crippen LogP contribution in [0.25, 0.3) is 0 Å². The first-order valence-corrected chi connectivity index (χ1v) is 7.41. The van der Waals surface area contributed by atoms with Gasteiger partial charge in [-0.05, 0) is 33.4 Å². The molecule has 1 rings (SSSR count). The van der Waals surface area contributed by atoms with Crippen LogP contribution in [0, 0.1) is 0 Å². The summed E-state index contributed by atoms with van der Waals surface area (Å²) in [6.07, 6.45) is 0.865. The van der Waals surface area contributed by atoms with E-state index in [9.17, 15) is 4.79 Å². The molecule has 118 valence electrons. The van der Waals surface area contributed by atoms with E-state index in [2.05, 4.69) is 5.32 Å². The van der Waals surface area contributed by atoms with Crippen molar-refractivity contribution in [2.75, 3.05) is 26.7 Å². The molecule has 1 aromatic rings. The molecular formula is C16H27N3O2. The predicted octanol–water partition coefficient (Wildman–Crippen LogP) is 1.37. The molecular weight excluding hydrogens is 266 g/mol. The second-order valence-corrected chi connectivity index (χ2v) is 5.47. The van der Waals surface area contributed by atoms with Crippen LogP contribution in [0.3, 0.4) is 0 Å². The van der Waals surface area contributed by atoms with Gasteiger partial charge in [-0.25, -0.2) is 0 Å². The van der Waals surface area contributed by atoms with Crippen molar-refractivity contribution in [2.24, 2.45) is 5.73 Å². The van der Waals surface area contributed by atoms with Gasteiger partial charge in [-0.15, -0.1) is 0 Å². The van der Waals surface area contributed by atoms with Gasteiger partial charge in [-0.2, -0.15) is 0 Å². The van der Waals surface area contributed by atoms with Crippen LogP contribution in [0.1, 0.15) is 25.8 Å². The fraction of sp³-hybridized carbons (Fsp3) is 0.562. The zero-order valence-electron chi connectivity index (χ0n) is 13.3. The zero-order chi connectivity index (χ0) is 15.7. The van der Waals surface area contributed by atoms with Gasteiger partial charge in [-0.3, -0.25) is 9.69 Å². The van der Waals surface area contributed by atoms with Gasteiger partial charge in [-0.1, -0.05) is 18.2 Å². The van der Waals surface area contributed by atoms with Crippen LogP contribution in [0.4, 0.5) is 0 Å². The molecule has 0 heterocycles. The molecule has 0 bridgehead atoms. The third-order valence-corrected chi connectivity index (χ3v) is 3.00. The second kappa shape index (κ2) is 9.37. The quantitative estimate of drug-likeness (QED) is 0.675. The van der Waals surface area contributed by atoms with E-state index in [1.165, 1.54) is 0 Å². The number of carbonyl (C=O) groups excluding carboxylic acids is 1. The summed E-state index contributed by atoms with van der Waals surface area (Å²) in [4.78, 5) is 13.6. The minimum atomic E-state index is 0.0573. The number of nitrogens with two attached hydrogens (primary N) is 1. The van der Waals surface area contributed by atoms with Crippen molar-refractivity contribution in [3.05, 3.63) is 29.8 Å². The Morgan fingerprint density at radius 1 is 1.38 bits per heavy atom. The van der Waals surface area contributed by atoms with E-state index >= 15 is 0 Å². The van der Waals surface area contributed by atoms with Gasteiger partial charge in [0.05, 0.1) is 13.2 Å². The highest BCUT2D eigenvalue weighted by atomic mass is 16.5. The van der Waals surface area contributed by atoms with Gasteiger partial charge in [0.1, 0.15) is 5.75 Å². The van der Waals surface area contributed by atoms with Gasteiger partial charge >= 0.3 is 0 Å². The molecule has 0 atom stereocenters. The fourth-order valence-electron chi connectivity index (χ4n) is 2.02. The summed E-state index contributed by atoms with van der Waals surface area (Å²) in [5, 5.41) is 2.88. The summed E-state index contributed by atoms with van der Waals surface area (Å²) in [5.41, 5.74) is 6.68. The smallest absolute Gasteiger partial charge is 0.234 e. The number of hydrogen-bond acceptors (Lipinski definition) is 4. The molecule has 0 aliphatic heterocycles. The predicted molar refractivity (Wildman–Crippen MR) is 85.2 cm³/mol. The summed E-state index contributed by atoms with van der Waals surface area (Å²) < 4.78 is 5.74. The molecule has 0 radical (unpaired) electrons. The molecule has 1 aromatic carbocycles. The molecule has 0 aliphatic rings. The molecule has 0 spiro atoms. The van der Waals surface area contributed by atoms with Gasteiger partial charge in [0.25, 0.3) is 0 Å². The van der Waals surface area contributed by atoms with E-state index < -0.39 is 0 Å². The number of benzene rings is 1. The molecule has 5 nitrogen and oxygen atoms in total. The number of rotatable bonds is 9. The van der Waals surface area contributed by atoms with Crippen LogP contribution in [0.15, 0.2) is 24.3 Å². The molecule has 3 N–H and O–H groups in total. The van der Waals surface area contributed by atoms with E-state index in [1.807, 2.05) is 50.1 Å². The summed E-state index contributed by atoms with van der Waals surface area (Å²) >= 11 is 0. The van der Waals surface area contributed by atoms with E-state index in [4.69, 9.17) is 10.5 Å². The SMILES string of the molecule is CC(C)NC(=O)CN(C)CCCOc1ccccc1CN. The van der Waals surface area contributed by atoms with E-state index in [0.29, 0.717) is 19.7 Å². The topological polar surface area (TPSA) is 67.6 Å². The Labute approximate surface area is 127 Å². The lowest BCUT2D eigenvalue weighted by Gasteiger charge is -2.17. The first kappa shape index (κ1) is 17.5. The summed E-state index contributed by atoms with van der Waals surface area (Å²) in [7, 11) is 1.94. The van der Waals surface area contributed by atoms with Crippen molar-refractivity contribution in [2.45, 2.75) is 32.9 Å². The molecule has 1 amide bonds. The van der Waals surface area contributed by atoms with Crippen molar-refractivity contribution < 1.29 is 9.53 Å². The molecule has 21 heavy (non-hydrogen) atoms. The van der Waals surface area contributed by atoms with Crippen LogP contribution in [0.2, 0.25) is 0 Å². The molecule has 0 unspecified atom stereocenters. The number of likely N-dealkylation sites (N-methyl/N-ethyl adjacent to an activating group) is 1. The van der Waals surface area contributed by atoms with E-state index in [-0.39, 0.29) is 11.9 Å². The van der Waals surface area contributed by atoms with E-state index in [1.54, 1.807) is 0 Å². The van der Waals surface area contributed by atoms with Gasteiger partial charge < -0.3 is 15.8 Å². The Morgan fingerprint density at radius 2 is 2.10 bits per heavy atom. The van der Waals surface area contributed by atoms with Crippen LogP contribution in [0.5, 0.6) is 5.75 Å². The maximum atomic E-state index is 11.6. The van der Waals surface area contributed by atoms with Gasteiger partial charge in [0, 0.05) is 24.7 Å². The maximum absolute atomic E-state index is 11.6. The maximum Gasteiger partial charge on any atom is 0.234 e. The number of amides is 1. The number of para-hydroxylation sites is 1. The number of hydrogen-bond donors (Lipinski definition) is 2. The third-order valence-electron chi connectivity index (χ3n) is 3.00. The monoisotopic (exact) mass is 293 g/mol. The molecule has 0 saturated heterocycles. The highest BCUT2D eigenvalue weighted by molar-refractivity contribution is 5.78. The highest BCUT2D eigenvalue weighted by Gasteiger charge is 2.07. The minimum Gasteiger partial charge on any atom is -0.493 e. The Kier molecular flexibility index (Phi) is 7.79. The van der Waals surface area contributed by atoms with Gasteiger partial charge in [0.2, 0.25) is 5.91 Å². The summed E-state index contributed by atoms with van der Waals surface area (Å²) in [6.45, 7) is 6.24. The molecule has 0 aliphatic carbocycles. The minimum absolute atomic E-state index is 0.0573. The zero-order valence-corrected chi connectivity index (χ0v) is 13.3. The fourth-order valence-corrected chi connectivity index (χ4v) is 2.02. The highest BCUT2D eigenvalue weighted by Crippen LogP contribution is 2.17. The van der Waals surface area contributed by atoms with Crippen molar-refractivity contribution >= 4 is 5.91 Å². The van der Waals surface area contributed by atoms with Crippen molar-refractivity contribution in [3.63, 3.8) is 0 Å². The van der Waals surface area contributed by atoms with Crippen LogP contribution in [-0.2, 0) is 11.3 Å². The summed E-state index contributed by atoms with van der Waals surface area (Å²) in [6, 6.07) is 7.98. The van der Waals surface area contributed by atoms with Crippen molar-refractivity contribution in [1.82, 2.24) is 10.2 Å². The lowest BCUT2D eigenvalue weighted by molar-refractivity contribution is -0.122. The lowest BCUT2D eigenvalue weighted by Crippen LogP contribution is -2.39. The van der Waals surface area contributed by atoms with Crippen LogP contribution >= 0.6 is 0 Å². The third kappa shape index (κ3) is 7.11. The largest absolute Gasteiger partial charge is 0.493 e. The number of carbonyl (C=O) groups is 1. The Balaban J connectivity index is 2.23. The Hall–Kier alpha value is -1.59. The Morgan fingerprint density at radius 3 is 2.76 bits per heavy atom. The average molecular weight is 293 g/mol. The molecule has 0 saturated carbocycles. The molecule has 0 aromatic heterocycles. The Bertz CT molecular complexity index is 435. The van der Waals surface area contributed by atoms with Crippen molar-refractivity contribution in [1.29, 1.82) is 0 Å². The number of nitrogens with zero attached hydrogens (tertiary/aromatic N) is 1. The lowest BCUT2D eigenvalue weighted by atomic mass is 10.2. The first-order chi connectivity index (χ1) is 10.0. The normalized spacial score (nSPS) is 11.0. The summed E-state index contributed by atoms with van der Waals surface area (Å²) in [5.74, 6) is 0.905. The number of ether oxygens (including phenoxy) is 1.